The standard InChI is InChI=1S/C17H28N4O2/c1-14-5-6-18-11-15(14)19-16(22)20(4)12-17(2,3)13-21-7-9-23-10-8-21/h5-6,11H,7-10,12-13H2,1-4H3,(H,19,22). The van der Waals surface area contributed by atoms with Gasteiger partial charge in [-0.15, -0.1) is 0 Å². The largest absolute Gasteiger partial charge is 0.379 e. The first kappa shape index (κ1) is 17.7. The quantitative estimate of drug-likeness (QED) is 0.904. The number of rotatable bonds is 5. The van der Waals surface area contributed by atoms with Crippen LogP contribution in [0.1, 0.15) is 19.4 Å². The Morgan fingerprint density at radius 3 is 2.78 bits per heavy atom. The molecular weight excluding hydrogens is 292 g/mol. The van der Waals surface area contributed by atoms with E-state index in [1.165, 1.54) is 0 Å². The number of hydrogen-bond acceptors (Lipinski definition) is 4. The fourth-order valence-electron chi connectivity index (χ4n) is 2.93. The van der Waals surface area contributed by atoms with Crippen molar-refractivity contribution in [1.82, 2.24) is 14.8 Å². The number of ether oxygens (including phenoxy) is 1. The number of pyridine rings is 1. The van der Waals surface area contributed by atoms with Gasteiger partial charge in [-0.3, -0.25) is 9.88 Å². The van der Waals surface area contributed by atoms with Crippen LogP contribution in [0.5, 0.6) is 0 Å². The van der Waals surface area contributed by atoms with Crippen LogP contribution in [0.3, 0.4) is 0 Å². The molecule has 2 amide bonds. The molecule has 0 aromatic carbocycles. The summed E-state index contributed by atoms with van der Waals surface area (Å²) in [5.41, 5.74) is 1.79. The second-order valence-electron chi connectivity index (χ2n) is 7.03. The number of carbonyl (C=O) groups excluding carboxylic acids is 1. The Hall–Kier alpha value is -1.66. The van der Waals surface area contributed by atoms with Crippen LogP contribution >= 0.6 is 0 Å². The summed E-state index contributed by atoms with van der Waals surface area (Å²) in [5, 5.41) is 2.93. The van der Waals surface area contributed by atoms with Gasteiger partial charge in [-0.2, -0.15) is 0 Å². The number of anilines is 1. The minimum atomic E-state index is -0.101. The maximum Gasteiger partial charge on any atom is 0.321 e. The number of nitrogens with zero attached hydrogens (tertiary/aromatic N) is 3. The predicted octanol–water partition coefficient (Wildman–Crippen LogP) is 2.21. The topological polar surface area (TPSA) is 57.7 Å². The lowest BCUT2D eigenvalue weighted by atomic mass is 9.92. The highest BCUT2D eigenvalue weighted by atomic mass is 16.5. The number of hydrogen-bond donors (Lipinski definition) is 1. The molecule has 2 rings (SSSR count). The lowest BCUT2D eigenvalue weighted by Gasteiger charge is -2.37. The van der Waals surface area contributed by atoms with Crippen LogP contribution in [0, 0.1) is 12.3 Å². The van der Waals surface area contributed by atoms with Crippen molar-refractivity contribution >= 4 is 11.7 Å². The highest BCUT2D eigenvalue weighted by Gasteiger charge is 2.26. The van der Waals surface area contributed by atoms with E-state index < -0.39 is 0 Å². The van der Waals surface area contributed by atoms with Crippen LogP contribution in [0.4, 0.5) is 10.5 Å². The monoisotopic (exact) mass is 320 g/mol. The van der Waals surface area contributed by atoms with E-state index in [9.17, 15) is 4.79 Å². The Balaban J connectivity index is 1.87. The summed E-state index contributed by atoms with van der Waals surface area (Å²) in [4.78, 5) is 20.6. The first-order chi connectivity index (χ1) is 10.9. The van der Waals surface area contributed by atoms with E-state index in [1.807, 2.05) is 20.0 Å². The van der Waals surface area contributed by atoms with E-state index in [-0.39, 0.29) is 11.4 Å². The molecule has 1 fully saturated rings. The number of nitrogens with one attached hydrogen (secondary N) is 1. The van der Waals surface area contributed by atoms with Crippen molar-refractivity contribution in [3.63, 3.8) is 0 Å². The van der Waals surface area contributed by atoms with Crippen LogP contribution in [-0.2, 0) is 4.74 Å². The maximum absolute atomic E-state index is 12.4. The van der Waals surface area contributed by atoms with Gasteiger partial charge in [-0.1, -0.05) is 13.8 Å². The minimum absolute atomic E-state index is 0.0212. The third-order valence-electron chi connectivity index (χ3n) is 4.05. The molecule has 0 radical (unpaired) electrons. The Bertz CT molecular complexity index is 527. The number of amides is 2. The molecule has 1 aliphatic heterocycles. The fourth-order valence-corrected chi connectivity index (χ4v) is 2.93. The van der Waals surface area contributed by atoms with E-state index in [1.54, 1.807) is 17.3 Å². The van der Waals surface area contributed by atoms with Gasteiger partial charge < -0.3 is 15.0 Å². The maximum atomic E-state index is 12.4. The van der Waals surface area contributed by atoms with Crippen molar-refractivity contribution in [2.24, 2.45) is 5.41 Å². The van der Waals surface area contributed by atoms with Crippen LogP contribution in [0.25, 0.3) is 0 Å². The molecule has 1 saturated heterocycles. The highest BCUT2D eigenvalue weighted by molar-refractivity contribution is 5.89. The van der Waals surface area contributed by atoms with Gasteiger partial charge in [0.25, 0.3) is 0 Å². The third-order valence-corrected chi connectivity index (χ3v) is 4.05. The van der Waals surface area contributed by atoms with Gasteiger partial charge in [0.15, 0.2) is 0 Å². The van der Waals surface area contributed by atoms with Crippen molar-refractivity contribution in [2.45, 2.75) is 20.8 Å². The molecule has 0 saturated carbocycles. The minimum Gasteiger partial charge on any atom is -0.379 e. The Labute approximate surface area is 138 Å². The zero-order chi connectivity index (χ0) is 16.9. The second-order valence-corrected chi connectivity index (χ2v) is 7.03. The van der Waals surface area contributed by atoms with Gasteiger partial charge in [0.2, 0.25) is 0 Å². The summed E-state index contributed by atoms with van der Waals surface area (Å²) in [6.45, 7) is 11.5. The number of morpholine rings is 1. The summed E-state index contributed by atoms with van der Waals surface area (Å²) in [7, 11) is 1.84. The molecule has 0 atom stereocenters. The molecule has 23 heavy (non-hydrogen) atoms. The Morgan fingerprint density at radius 2 is 2.13 bits per heavy atom. The van der Waals surface area contributed by atoms with Gasteiger partial charge in [-0.25, -0.2) is 4.79 Å². The van der Waals surface area contributed by atoms with Crippen molar-refractivity contribution in [2.75, 3.05) is 51.8 Å². The zero-order valence-electron chi connectivity index (χ0n) is 14.6. The number of aromatic nitrogens is 1. The molecule has 1 aliphatic rings. The molecule has 0 aliphatic carbocycles. The molecule has 1 N–H and O–H groups in total. The summed E-state index contributed by atoms with van der Waals surface area (Å²) < 4.78 is 5.39. The molecule has 2 heterocycles. The van der Waals surface area contributed by atoms with Crippen molar-refractivity contribution < 1.29 is 9.53 Å². The molecule has 128 valence electrons. The molecule has 0 unspecified atom stereocenters. The molecular formula is C17H28N4O2. The smallest absolute Gasteiger partial charge is 0.321 e. The van der Waals surface area contributed by atoms with Gasteiger partial charge in [0, 0.05) is 39.4 Å². The lowest BCUT2D eigenvalue weighted by molar-refractivity contribution is 0.0182. The average molecular weight is 320 g/mol. The lowest BCUT2D eigenvalue weighted by Crippen LogP contribution is -2.47. The van der Waals surface area contributed by atoms with E-state index in [2.05, 4.69) is 29.0 Å². The molecule has 6 heteroatoms. The SMILES string of the molecule is Cc1ccncc1NC(=O)N(C)CC(C)(C)CN1CCOCC1. The molecule has 0 bridgehead atoms. The first-order valence-corrected chi connectivity index (χ1v) is 8.10. The average Bonchev–Trinajstić information content (AvgIpc) is 2.49. The van der Waals surface area contributed by atoms with Crippen LogP contribution in [0.2, 0.25) is 0 Å². The van der Waals surface area contributed by atoms with E-state index >= 15 is 0 Å². The predicted molar refractivity (Wildman–Crippen MR) is 91.7 cm³/mol. The summed E-state index contributed by atoms with van der Waals surface area (Å²) in [6, 6.07) is 1.79. The molecule has 0 spiro atoms. The first-order valence-electron chi connectivity index (χ1n) is 8.10. The summed E-state index contributed by atoms with van der Waals surface area (Å²) in [5.74, 6) is 0. The Kier molecular flexibility index (Phi) is 5.96. The van der Waals surface area contributed by atoms with Crippen LogP contribution in [-0.4, -0.2) is 67.3 Å². The van der Waals surface area contributed by atoms with Gasteiger partial charge in [0.1, 0.15) is 0 Å². The Morgan fingerprint density at radius 1 is 1.43 bits per heavy atom. The van der Waals surface area contributed by atoms with Crippen molar-refractivity contribution in [3.8, 4) is 0 Å². The fraction of sp³-hybridized carbons (Fsp3) is 0.647. The van der Waals surface area contributed by atoms with E-state index in [4.69, 9.17) is 4.74 Å². The molecule has 1 aromatic rings. The zero-order valence-corrected chi connectivity index (χ0v) is 14.6. The molecule has 6 nitrogen and oxygen atoms in total. The molecule has 1 aromatic heterocycles. The normalized spacial score (nSPS) is 16.2. The number of carbonyl (C=O) groups is 1. The van der Waals surface area contributed by atoms with Gasteiger partial charge in [0.05, 0.1) is 25.1 Å². The summed E-state index contributed by atoms with van der Waals surface area (Å²) in [6.07, 6.45) is 3.40. The van der Waals surface area contributed by atoms with Gasteiger partial charge >= 0.3 is 6.03 Å². The van der Waals surface area contributed by atoms with E-state index in [0.717, 1.165) is 44.1 Å². The second kappa shape index (κ2) is 7.75. The third kappa shape index (κ3) is 5.48. The van der Waals surface area contributed by atoms with E-state index in [0.29, 0.717) is 6.54 Å². The van der Waals surface area contributed by atoms with Gasteiger partial charge in [-0.05, 0) is 24.0 Å². The van der Waals surface area contributed by atoms with Crippen LogP contribution in [0.15, 0.2) is 18.5 Å². The number of urea groups is 1. The highest BCUT2D eigenvalue weighted by Crippen LogP contribution is 2.20. The number of aryl methyl sites for hydroxylation is 1. The summed E-state index contributed by atoms with van der Waals surface area (Å²) >= 11 is 0. The van der Waals surface area contributed by atoms with Crippen molar-refractivity contribution in [1.29, 1.82) is 0 Å². The van der Waals surface area contributed by atoms with Crippen LogP contribution < -0.4 is 5.32 Å². The van der Waals surface area contributed by atoms with Crippen molar-refractivity contribution in [3.05, 3.63) is 24.0 Å².